The SMILES string of the molecule is COc1ccc(N2C(=O)/C(=C/c3cccc(OC)c3OC)C(=O)NC2=S)c(OC)c1. The number of hydrogen-bond donors (Lipinski definition) is 1. The maximum atomic E-state index is 13.3. The molecule has 0 saturated carbocycles. The number of rotatable bonds is 6. The van der Waals surface area contributed by atoms with Gasteiger partial charge in [-0.05, 0) is 36.5 Å². The molecule has 1 heterocycles. The molecule has 1 fully saturated rings. The van der Waals surface area contributed by atoms with Crippen LogP contribution in [0.1, 0.15) is 5.56 Å². The number of anilines is 1. The van der Waals surface area contributed by atoms with Gasteiger partial charge in [-0.15, -0.1) is 0 Å². The van der Waals surface area contributed by atoms with E-state index in [0.717, 1.165) is 0 Å². The van der Waals surface area contributed by atoms with Crippen LogP contribution in [0.3, 0.4) is 0 Å². The molecule has 2 aromatic rings. The lowest BCUT2D eigenvalue weighted by atomic mass is 10.1. The number of nitrogens with zero attached hydrogens (tertiary/aromatic N) is 1. The predicted octanol–water partition coefficient (Wildman–Crippen LogP) is 2.55. The third-order valence-corrected chi connectivity index (χ3v) is 4.75. The molecule has 0 radical (unpaired) electrons. The smallest absolute Gasteiger partial charge is 0.270 e. The van der Waals surface area contributed by atoms with E-state index in [1.54, 1.807) is 36.4 Å². The van der Waals surface area contributed by atoms with E-state index in [1.165, 1.54) is 39.4 Å². The zero-order valence-corrected chi connectivity index (χ0v) is 17.7. The molecule has 0 spiro atoms. The summed E-state index contributed by atoms with van der Waals surface area (Å²) in [6.45, 7) is 0. The quantitative estimate of drug-likeness (QED) is 0.430. The van der Waals surface area contributed by atoms with Gasteiger partial charge in [-0.2, -0.15) is 0 Å². The van der Waals surface area contributed by atoms with Crippen molar-refractivity contribution >= 4 is 40.9 Å². The van der Waals surface area contributed by atoms with Crippen LogP contribution in [0.5, 0.6) is 23.0 Å². The number of amides is 2. The number of ether oxygens (including phenoxy) is 4. The molecule has 0 aromatic heterocycles. The van der Waals surface area contributed by atoms with Crippen LogP contribution in [-0.2, 0) is 9.59 Å². The molecule has 0 bridgehead atoms. The zero-order chi connectivity index (χ0) is 21.8. The topological polar surface area (TPSA) is 86.3 Å². The van der Waals surface area contributed by atoms with Crippen molar-refractivity contribution < 1.29 is 28.5 Å². The highest BCUT2D eigenvalue weighted by atomic mass is 32.1. The molecule has 0 atom stereocenters. The van der Waals surface area contributed by atoms with Crippen LogP contribution < -0.4 is 29.2 Å². The summed E-state index contributed by atoms with van der Waals surface area (Å²) in [7, 11) is 5.97. The minimum Gasteiger partial charge on any atom is -0.497 e. The molecular formula is C21H20N2O6S. The molecule has 1 aliphatic rings. The Balaban J connectivity index is 2.09. The first-order valence-corrected chi connectivity index (χ1v) is 9.20. The van der Waals surface area contributed by atoms with Gasteiger partial charge in [0, 0.05) is 11.6 Å². The number of nitrogens with one attached hydrogen (secondary N) is 1. The lowest BCUT2D eigenvalue weighted by Gasteiger charge is -2.30. The Bertz CT molecular complexity index is 1050. The average Bonchev–Trinajstić information content (AvgIpc) is 2.76. The maximum absolute atomic E-state index is 13.3. The van der Waals surface area contributed by atoms with E-state index >= 15 is 0 Å². The van der Waals surface area contributed by atoms with Crippen molar-refractivity contribution in [2.75, 3.05) is 33.3 Å². The Kier molecular flexibility index (Phi) is 6.22. The van der Waals surface area contributed by atoms with Gasteiger partial charge in [-0.3, -0.25) is 14.9 Å². The van der Waals surface area contributed by atoms with Gasteiger partial charge >= 0.3 is 0 Å². The number of para-hydroxylation sites is 1. The van der Waals surface area contributed by atoms with Crippen LogP contribution in [0.2, 0.25) is 0 Å². The Hall–Kier alpha value is -3.59. The van der Waals surface area contributed by atoms with Crippen molar-refractivity contribution in [3.8, 4) is 23.0 Å². The third kappa shape index (κ3) is 3.79. The Labute approximate surface area is 179 Å². The van der Waals surface area contributed by atoms with Gasteiger partial charge < -0.3 is 18.9 Å². The molecule has 1 N–H and O–H groups in total. The maximum Gasteiger partial charge on any atom is 0.270 e. The molecule has 2 aromatic carbocycles. The molecule has 156 valence electrons. The third-order valence-electron chi connectivity index (χ3n) is 4.46. The number of methoxy groups -OCH3 is 4. The number of carbonyl (C=O) groups is 2. The molecular weight excluding hydrogens is 408 g/mol. The molecule has 1 saturated heterocycles. The summed E-state index contributed by atoms with van der Waals surface area (Å²) in [4.78, 5) is 27.0. The molecule has 0 unspecified atom stereocenters. The van der Waals surface area contributed by atoms with Gasteiger partial charge in [-0.1, -0.05) is 12.1 Å². The minimum atomic E-state index is -0.612. The molecule has 3 rings (SSSR count). The Morgan fingerprint density at radius 2 is 1.67 bits per heavy atom. The molecule has 8 nitrogen and oxygen atoms in total. The van der Waals surface area contributed by atoms with E-state index in [-0.39, 0.29) is 10.7 Å². The average molecular weight is 428 g/mol. The van der Waals surface area contributed by atoms with Gasteiger partial charge in [0.2, 0.25) is 0 Å². The fraction of sp³-hybridized carbons (Fsp3) is 0.190. The van der Waals surface area contributed by atoms with Gasteiger partial charge in [0.05, 0.1) is 34.1 Å². The van der Waals surface area contributed by atoms with Crippen molar-refractivity contribution in [2.24, 2.45) is 0 Å². The normalized spacial score (nSPS) is 15.1. The van der Waals surface area contributed by atoms with E-state index in [4.69, 9.17) is 31.2 Å². The molecule has 30 heavy (non-hydrogen) atoms. The van der Waals surface area contributed by atoms with Crippen LogP contribution in [0.4, 0.5) is 5.69 Å². The van der Waals surface area contributed by atoms with Gasteiger partial charge in [-0.25, -0.2) is 4.90 Å². The van der Waals surface area contributed by atoms with Gasteiger partial charge in [0.25, 0.3) is 11.8 Å². The van der Waals surface area contributed by atoms with Crippen molar-refractivity contribution in [1.29, 1.82) is 0 Å². The van der Waals surface area contributed by atoms with Crippen molar-refractivity contribution in [3.05, 3.63) is 47.5 Å². The van der Waals surface area contributed by atoms with Crippen LogP contribution in [-0.4, -0.2) is 45.4 Å². The number of thiocarbonyl (C=S) groups is 1. The lowest BCUT2D eigenvalue weighted by molar-refractivity contribution is -0.122. The largest absolute Gasteiger partial charge is 0.497 e. The van der Waals surface area contributed by atoms with Crippen LogP contribution >= 0.6 is 12.2 Å². The first-order valence-electron chi connectivity index (χ1n) is 8.79. The zero-order valence-electron chi connectivity index (χ0n) is 16.8. The molecule has 0 aliphatic carbocycles. The lowest BCUT2D eigenvalue weighted by Crippen LogP contribution is -2.54. The van der Waals surface area contributed by atoms with E-state index in [2.05, 4.69) is 5.32 Å². The van der Waals surface area contributed by atoms with Crippen molar-refractivity contribution in [2.45, 2.75) is 0 Å². The summed E-state index contributed by atoms with van der Waals surface area (Å²) < 4.78 is 21.2. The predicted molar refractivity (Wildman–Crippen MR) is 115 cm³/mol. The summed E-state index contributed by atoms with van der Waals surface area (Å²) in [6.07, 6.45) is 1.43. The van der Waals surface area contributed by atoms with E-state index in [1.807, 2.05) is 0 Å². The standard InChI is InChI=1S/C21H20N2O6S/c1-26-13-8-9-15(17(11-13)28-3)23-20(25)14(19(24)22-21(23)30)10-12-6-5-7-16(27-2)18(12)29-4/h5-11H,1-4H3,(H,22,24,30)/b14-10+. The van der Waals surface area contributed by atoms with E-state index in [9.17, 15) is 9.59 Å². The highest BCUT2D eigenvalue weighted by Gasteiger charge is 2.36. The number of hydrogen-bond acceptors (Lipinski definition) is 7. The summed E-state index contributed by atoms with van der Waals surface area (Å²) in [5.41, 5.74) is 0.759. The summed E-state index contributed by atoms with van der Waals surface area (Å²) in [5, 5.41) is 2.49. The van der Waals surface area contributed by atoms with Crippen molar-refractivity contribution in [1.82, 2.24) is 5.32 Å². The van der Waals surface area contributed by atoms with Crippen LogP contribution in [0.15, 0.2) is 42.0 Å². The summed E-state index contributed by atoms with van der Waals surface area (Å²) in [5.74, 6) is 0.566. The van der Waals surface area contributed by atoms with E-state index < -0.39 is 11.8 Å². The highest BCUT2D eigenvalue weighted by molar-refractivity contribution is 7.80. The fourth-order valence-electron chi connectivity index (χ4n) is 3.03. The Morgan fingerprint density at radius 1 is 0.933 bits per heavy atom. The fourth-order valence-corrected chi connectivity index (χ4v) is 3.30. The summed E-state index contributed by atoms with van der Waals surface area (Å²) >= 11 is 5.25. The minimum absolute atomic E-state index is 0.0526. The second-order valence-electron chi connectivity index (χ2n) is 6.08. The second-order valence-corrected chi connectivity index (χ2v) is 6.47. The van der Waals surface area contributed by atoms with E-state index in [0.29, 0.717) is 34.2 Å². The highest BCUT2D eigenvalue weighted by Crippen LogP contribution is 2.36. The number of benzene rings is 2. The molecule has 9 heteroatoms. The van der Waals surface area contributed by atoms with Crippen molar-refractivity contribution in [3.63, 3.8) is 0 Å². The van der Waals surface area contributed by atoms with Gasteiger partial charge in [0.1, 0.15) is 17.1 Å². The molecule has 1 aliphatic heterocycles. The van der Waals surface area contributed by atoms with Crippen LogP contribution in [0.25, 0.3) is 6.08 Å². The van der Waals surface area contributed by atoms with Crippen LogP contribution in [0, 0.1) is 0 Å². The molecule has 2 amide bonds. The first-order chi connectivity index (χ1) is 14.4. The monoisotopic (exact) mass is 428 g/mol. The number of carbonyl (C=O) groups excluding carboxylic acids is 2. The second kappa shape index (κ2) is 8.83. The summed E-state index contributed by atoms with van der Waals surface area (Å²) in [6, 6.07) is 10.1. The first kappa shape index (κ1) is 21.1. The van der Waals surface area contributed by atoms with Gasteiger partial charge in [0.15, 0.2) is 16.6 Å². The Morgan fingerprint density at radius 3 is 2.30 bits per heavy atom.